The Bertz CT molecular complexity index is 384. The van der Waals surface area contributed by atoms with Crippen molar-refractivity contribution in [2.24, 2.45) is 11.8 Å². The summed E-state index contributed by atoms with van der Waals surface area (Å²) in [4.78, 5) is 2.44. The Morgan fingerprint density at radius 1 is 1.29 bits per heavy atom. The predicted molar refractivity (Wildman–Crippen MR) is 74.0 cm³/mol. The maximum Gasteiger partial charge on any atom is 0.134 e. The van der Waals surface area contributed by atoms with Crippen molar-refractivity contribution < 1.29 is 5.11 Å². The Morgan fingerprint density at radius 2 is 1.94 bits per heavy atom. The number of phenolic OH excluding ortho intramolecular Hbond substituents is 1. The monoisotopic (exact) mass is 297 g/mol. The van der Waals surface area contributed by atoms with E-state index < -0.39 is 0 Å². The van der Waals surface area contributed by atoms with E-state index in [9.17, 15) is 5.11 Å². The highest BCUT2D eigenvalue weighted by Gasteiger charge is 2.22. The van der Waals surface area contributed by atoms with Gasteiger partial charge in [-0.1, -0.05) is 26.0 Å². The van der Waals surface area contributed by atoms with Gasteiger partial charge in [-0.2, -0.15) is 0 Å². The zero-order valence-corrected chi connectivity index (χ0v) is 12.1. The van der Waals surface area contributed by atoms with Crippen molar-refractivity contribution in [1.82, 2.24) is 4.90 Å². The largest absolute Gasteiger partial charge is 0.506 e. The number of aromatic hydroxyl groups is 1. The summed E-state index contributed by atoms with van der Waals surface area (Å²) in [5.41, 5.74) is 1.01. The summed E-state index contributed by atoms with van der Waals surface area (Å²) in [5.74, 6) is 1.90. The Labute approximate surface area is 112 Å². The first-order valence-electron chi connectivity index (χ1n) is 6.25. The lowest BCUT2D eigenvalue weighted by atomic mass is 9.91. The van der Waals surface area contributed by atoms with Crippen LogP contribution in [0.15, 0.2) is 22.7 Å². The summed E-state index contributed by atoms with van der Waals surface area (Å²) >= 11 is 3.37. The fourth-order valence-electron chi connectivity index (χ4n) is 2.85. The van der Waals surface area contributed by atoms with Gasteiger partial charge in [0.1, 0.15) is 5.75 Å². The molecular weight excluding hydrogens is 278 g/mol. The number of hydrogen-bond acceptors (Lipinski definition) is 2. The minimum Gasteiger partial charge on any atom is -0.506 e. The number of benzene rings is 1. The second-order valence-corrected chi connectivity index (χ2v) is 6.24. The molecule has 0 amide bonds. The van der Waals surface area contributed by atoms with Crippen LogP contribution in [0.4, 0.5) is 0 Å². The first-order valence-corrected chi connectivity index (χ1v) is 7.04. The van der Waals surface area contributed by atoms with Gasteiger partial charge in [0, 0.05) is 25.2 Å². The van der Waals surface area contributed by atoms with Gasteiger partial charge in [0.25, 0.3) is 0 Å². The summed E-state index contributed by atoms with van der Waals surface area (Å²) in [7, 11) is 0. The molecule has 1 heterocycles. The molecule has 1 saturated heterocycles. The quantitative estimate of drug-likeness (QED) is 0.901. The standard InChI is InChI=1S/C14H20BrNO/c1-10-6-11(2)8-16(7-10)9-12-4-3-5-13(15)14(12)17/h3-5,10-11,17H,6-9H2,1-2H3. The molecule has 0 saturated carbocycles. The van der Waals surface area contributed by atoms with Crippen LogP contribution in [0.5, 0.6) is 5.75 Å². The van der Waals surface area contributed by atoms with E-state index in [2.05, 4.69) is 34.7 Å². The molecule has 17 heavy (non-hydrogen) atoms. The first-order chi connectivity index (χ1) is 8.06. The van der Waals surface area contributed by atoms with Crippen LogP contribution < -0.4 is 0 Å². The van der Waals surface area contributed by atoms with Crippen LogP contribution in [0.25, 0.3) is 0 Å². The van der Waals surface area contributed by atoms with Gasteiger partial charge in [0.05, 0.1) is 4.47 Å². The van der Waals surface area contributed by atoms with Crippen LogP contribution in [0.2, 0.25) is 0 Å². The fraction of sp³-hybridized carbons (Fsp3) is 0.571. The molecule has 0 aromatic heterocycles. The van der Waals surface area contributed by atoms with Gasteiger partial charge in [0.2, 0.25) is 0 Å². The van der Waals surface area contributed by atoms with E-state index >= 15 is 0 Å². The van der Waals surface area contributed by atoms with E-state index in [1.54, 1.807) is 0 Å². The van der Waals surface area contributed by atoms with Crippen LogP contribution in [-0.2, 0) is 6.54 Å². The molecule has 2 rings (SSSR count). The van der Waals surface area contributed by atoms with Crippen LogP contribution in [0, 0.1) is 11.8 Å². The lowest BCUT2D eigenvalue weighted by Gasteiger charge is -2.35. The Morgan fingerprint density at radius 3 is 2.59 bits per heavy atom. The van der Waals surface area contributed by atoms with Gasteiger partial charge in [-0.15, -0.1) is 0 Å². The molecule has 3 heteroatoms. The van der Waals surface area contributed by atoms with E-state index in [0.717, 1.165) is 41.5 Å². The van der Waals surface area contributed by atoms with Crippen LogP contribution in [0.1, 0.15) is 25.8 Å². The summed E-state index contributed by atoms with van der Waals surface area (Å²) in [5, 5.41) is 9.99. The molecule has 1 fully saturated rings. The molecule has 1 N–H and O–H groups in total. The Kier molecular flexibility index (Phi) is 4.10. The van der Waals surface area contributed by atoms with Gasteiger partial charge in [-0.05, 0) is 40.3 Å². The third-order valence-electron chi connectivity index (χ3n) is 3.41. The molecule has 2 atom stereocenters. The number of rotatable bonds is 2. The van der Waals surface area contributed by atoms with E-state index in [0.29, 0.717) is 5.75 Å². The highest BCUT2D eigenvalue weighted by atomic mass is 79.9. The van der Waals surface area contributed by atoms with Crippen LogP contribution >= 0.6 is 15.9 Å². The fourth-order valence-corrected chi connectivity index (χ4v) is 3.26. The van der Waals surface area contributed by atoms with Crippen LogP contribution in [0.3, 0.4) is 0 Å². The molecule has 1 aromatic carbocycles. The second-order valence-electron chi connectivity index (χ2n) is 5.39. The number of phenols is 1. The highest BCUT2D eigenvalue weighted by Crippen LogP contribution is 2.30. The molecular formula is C14H20BrNO. The molecule has 1 aliphatic heterocycles. The maximum atomic E-state index is 9.99. The Hall–Kier alpha value is -0.540. The van der Waals surface area contributed by atoms with Gasteiger partial charge in [0.15, 0.2) is 0 Å². The minimum absolute atomic E-state index is 0.387. The maximum absolute atomic E-state index is 9.99. The first kappa shape index (κ1) is 12.9. The van der Waals surface area contributed by atoms with E-state index in [-0.39, 0.29) is 0 Å². The molecule has 1 aliphatic rings. The van der Waals surface area contributed by atoms with Gasteiger partial charge in [-0.3, -0.25) is 4.90 Å². The van der Waals surface area contributed by atoms with Crippen molar-refractivity contribution in [3.8, 4) is 5.75 Å². The summed E-state index contributed by atoms with van der Waals surface area (Å²) in [6.45, 7) is 7.74. The third kappa shape index (κ3) is 3.23. The molecule has 0 aliphatic carbocycles. The second kappa shape index (κ2) is 5.40. The normalized spacial score (nSPS) is 26.1. The summed E-state index contributed by atoms with van der Waals surface area (Å²) < 4.78 is 0.785. The lowest BCUT2D eigenvalue weighted by molar-refractivity contribution is 0.133. The summed E-state index contributed by atoms with van der Waals surface area (Å²) in [6, 6.07) is 5.86. The number of hydrogen-bond donors (Lipinski definition) is 1. The van der Waals surface area contributed by atoms with Crippen molar-refractivity contribution in [2.45, 2.75) is 26.8 Å². The number of para-hydroxylation sites is 1. The SMILES string of the molecule is CC1CC(C)CN(Cc2cccc(Br)c2O)C1. The molecule has 2 nitrogen and oxygen atoms in total. The summed E-state index contributed by atoms with van der Waals surface area (Å²) in [6.07, 6.45) is 1.32. The molecule has 94 valence electrons. The van der Waals surface area contributed by atoms with Gasteiger partial charge < -0.3 is 5.11 Å². The number of halogens is 1. The smallest absolute Gasteiger partial charge is 0.134 e. The zero-order valence-electron chi connectivity index (χ0n) is 10.5. The van der Waals surface area contributed by atoms with Crippen molar-refractivity contribution in [1.29, 1.82) is 0 Å². The van der Waals surface area contributed by atoms with E-state index in [1.165, 1.54) is 6.42 Å². The number of piperidine rings is 1. The molecule has 0 spiro atoms. The lowest BCUT2D eigenvalue weighted by Crippen LogP contribution is -2.38. The van der Waals surface area contributed by atoms with Crippen LogP contribution in [-0.4, -0.2) is 23.1 Å². The van der Waals surface area contributed by atoms with Crippen molar-refractivity contribution in [2.75, 3.05) is 13.1 Å². The van der Waals surface area contributed by atoms with Crippen molar-refractivity contribution in [3.05, 3.63) is 28.2 Å². The zero-order chi connectivity index (χ0) is 12.4. The average Bonchev–Trinajstić information content (AvgIpc) is 2.23. The third-order valence-corrected chi connectivity index (χ3v) is 4.05. The van der Waals surface area contributed by atoms with Crippen molar-refractivity contribution in [3.63, 3.8) is 0 Å². The predicted octanol–water partition coefficient (Wildman–Crippen LogP) is 3.63. The van der Waals surface area contributed by atoms with Crippen molar-refractivity contribution >= 4 is 15.9 Å². The van der Waals surface area contributed by atoms with Gasteiger partial charge >= 0.3 is 0 Å². The highest BCUT2D eigenvalue weighted by molar-refractivity contribution is 9.10. The van der Waals surface area contributed by atoms with Gasteiger partial charge in [-0.25, -0.2) is 0 Å². The topological polar surface area (TPSA) is 23.5 Å². The number of likely N-dealkylation sites (tertiary alicyclic amines) is 1. The minimum atomic E-state index is 0.387. The molecule has 0 bridgehead atoms. The Balaban J connectivity index is 2.07. The average molecular weight is 298 g/mol. The molecule has 2 unspecified atom stereocenters. The van der Waals surface area contributed by atoms with E-state index in [1.807, 2.05) is 18.2 Å². The molecule has 1 aromatic rings. The number of nitrogens with zero attached hydrogens (tertiary/aromatic N) is 1. The van der Waals surface area contributed by atoms with E-state index in [4.69, 9.17) is 0 Å². The molecule has 0 radical (unpaired) electrons.